The van der Waals surface area contributed by atoms with Gasteiger partial charge in [-0.2, -0.15) is 0 Å². The van der Waals surface area contributed by atoms with Crippen LogP contribution >= 0.6 is 0 Å². The molecule has 0 spiro atoms. The monoisotopic (exact) mass is 592 g/mol. The van der Waals surface area contributed by atoms with Crippen LogP contribution in [0.25, 0.3) is 11.2 Å². The Morgan fingerprint density at radius 3 is 2.43 bits per heavy atom. The Bertz CT molecular complexity index is 1080. The van der Waals surface area contributed by atoms with Gasteiger partial charge in [-0.25, -0.2) is 15.0 Å². The van der Waals surface area contributed by atoms with Crippen molar-refractivity contribution < 1.29 is 24.9 Å². The standard InChI is InChI=1S/C27H48N10O5/c1-2-7-31-24-20-25(34-17-33-24)37(18-35-20)27-22(40)21(39)23(42-27)26(41)32-8-5-3-4-6-19(38)36-15-13-29-11-9-28-10-12-30-14-16-36/h17-19,21-23,27-30,38-40H,2-16H2,1H3,(H,32,41)(H,31,33,34)/t19?,21-,22+,23-,27+/m0/s1. The Hall–Kier alpha value is -2.50. The molecule has 2 aliphatic heterocycles. The van der Waals surface area contributed by atoms with E-state index in [1.165, 1.54) is 17.2 Å². The van der Waals surface area contributed by atoms with E-state index in [1.807, 2.05) is 6.92 Å². The van der Waals surface area contributed by atoms with E-state index in [1.54, 1.807) is 0 Å². The molecule has 236 valence electrons. The van der Waals surface area contributed by atoms with E-state index in [0.29, 0.717) is 29.9 Å². The highest BCUT2D eigenvalue weighted by Gasteiger charge is 2.47. The van der Waals surface area contributed by atoms with E-state index in [9.17, 15) is 20.1 Å². The third-order valence-corrected chi connectivity index (χ3v) is 7.64. The normalized spacial score (nSPS) is 25.5. The summed E-state index contributed by atoms with van der Waals surface area (Å²) in [5, 5.41) is 48.3. The number of rotatable bonds is 12. The number of carbonyl (C=O) groups is 1. The van der Waals surface area contributed by atoms with Crippen molar-refractivity contribution in [2.24, 2.45) is 0 Å². The first-order chi connectivity index (χ1) is 20.5. The molecule has 2 aromatic heterocycles. The van der Waals surface area contributed by atoms with Crippen molar-refractivity contribution in [2.45, 2.75) is 69.8 Å². The zero-order valence-corrected chi connectivity index (χ0v) is 24.5. The topological polar surface area (TPSA) is 194 Å². The van der Waals surface area contributed by atoms with Crippen LogP contribution in [0, 0.1) is 0 Å². The summed E-state index contributed by atoms with van der Waals surface area (Å²) in [6, 6.07) is 0. The highest BCUT2D eigenvalue weighted by atomic mass is 16.6. The van der Waals surface area contributed by atoms with Crippen molar-refractivity contribution in [1.29, 1.82) is 0 Å². The second kappa shape index (κ2) is 17.0. The number of fused-ring (bicyclic) bond motifs is 1. The molecule has 0 aromatic carbocycles. The third kappa shape index (κ3) is 8.76. The van der Waals surface area contributed by atoms with Gasteiger partial charge in [0.25, 0.3) is 5.91 Å². The molecule has 2 saturated heterocycles. The van der Waals surface area contributed by atoms with Crippen LogP contribution in [-0.4, -0.2) is 136 Å². The highest BCUT2D eigenvalue weighted by molar-refractivity contribution is 5.83. The summed E-state index contributed by atoms with van der Waals surface area (Å²) in [7, 11) is 0. The molecular formula is C27H48N10O5. The molecule has 0 aliphatic carbocycles. The Kier molecular flexibility index (Phi) is 13.1. The molecule has 2 aromatic rings. The second-order valence-electron chi connectivity index (χ2n) is 10.8. The van der Waals surface area contributed by atoms with Gasteiger partial charge >= 0.3 is 0 Å². The largest absolute Gasteiger partial charge is 0.387 e. The lowest BCUT2D eigenvalue weighted by molar-refractivity contribution is -0.137. The smallest absolute Gasteiger partial charge is 0.252 e. The number of aromatic nitrogens is 4. The SMILES string of the molecule is CCCNc1ncnc2c1ncn2[C@@H]1O[C@H](C(=O)NCCCCCC(O)N2CCNCCNCCNCC2)[C@@H](O)[C@H]1O. The van der Waals surface area contributed by atoms with Crippen molar-refractivity contribution in [3.63, 3.8) is 0 Å². The minimum Gasteiger partial charge on any atom is -0.387 e. The molecule has 2 aliphatic rings. The molecule has 2 fully saturated rings. The van der Waals surface area contributed by atoms with E-state index in [0.717, 1.165) is 84.6 Å². The van der Waals surface area contributed by atoms with Crippen molar-refractivity contribution in [3.05, 3.63) is 12.7 Å². The van der Waals surface area contributed by atoms with Gasteiger partial charge in [0.1, 0.15) is 24.8 Å². The fraction of sp³-hybridized carbons (Fsp3) is 0.778. The lowest BCUT2D eigenvalue weighted by Gasteiger charge is -2.28. The fourth-order valence-electron chi connectivity index (χ4n) is 5.22. The zero-order chi connectivity index (χ0) is 29.7. The number of nitrogens with zero attached hydrogens (tertiary/aromatic N) is 5. The van der Waals surface area contributed by atoms with Gasteiger partial charge in [-0.15, -0.1) is 0 Å². The van der Waals surface area contributed by atoms with E-state index in [2.05, 4.69) is 46.4 Å². The maximum atomic E-state index is 12.8. The van der Waals surface area contributed by atoms with Gasteiger partial charge in [0.15, 0.2) is 29.3 Å². The molecule has 5 atom stereocenters. The lowest BCUT2D eigenvalue weighted by Crippen LogP contribution is -2.45. The van der Waals surface area contributed by atoms with Crippen LogP contribution < -0.4 is 26.6 Å². The van der Waals surface area contributed by atoms with Crippen molar-refractivity contribution >= 4 is 22.9 Å². The predicted molar refractivity (Wildman–Crippen MR) is 158 cm³/mol. The van der Waals surface area contributed by atoms with Gasteiger partial charge in [-0.05, 0) is 25.7 Å². The summed E-state index contributed by atoms with van der Waals surface area (Å²) < 4.78 is 7.34. The minimum absolute atomic E-state index is 0.404. The van der Waals surface area contributed by atoms with Crippen LogP contribution in [0.1, 0.15) is 45.3 Å². The number of imidazole rings is 1. The number of amides is 1. The molecule has 15 nitrogen and oxygen atoms in total. The molecule has 42 heavy (non-hydrogen) atoms. The first kappa shape index (κ1) is 32.4. The number of ether oxygens (including phenoxy) is 1. The third-order valence-electron chi connectivity index (χ3n) is 7.64. The molecule has 4 heterocycles. The summed E-state index contributed by atoms with van der Waals surface area (Å²) in [4.78, 5) is 27.8. The number of anilines is 1. The molecule has 1 amide bonds. The molecule has 15 heteroatoms. The van der Waals surface area contributed by atoms with Gasteiger partial charge < -0.3 is 46.6 Å². The van der Waals surface area contributed by atoms with Gasteiger partial charge in [0.05, 0.1) is 6.33 Å². The summed E-state index contributed by atoms with van der Waals surface area (Å²) >= 11 is 0. The van der Waals surface area contributed by atoms with Gasteiger partial charge in [0, 0.05) is 65.4 Å². The van der Waals surface area contributed by atoms with Crippen molar-refractivity contribution in [3.8, 4) is 0 Å². The Morgan fingerprint density at radius 1 is 1.00 bits per heavy atom. The molecule has 8 N–H and O–H groups in total. The van der Waals surface area contributed by atoms with Gasteiger partial charge in [-0.3, -0.25) is 14.3 Å². The maximum absolute atomic E-state index is 12.8. The molecule has 4 rings (SSSR count). The second-order valence-corrected chi connectivity index (χ2v) is 10.8. The summed E-state index contributed by atoms with van der Waals surface area (Å²) in [5.74, 6) is 0.0868. The molecule has 0 saturated carbocycles. The van der Waals surface area contributed by atoms with Gasteiger partial charge in [0.2, 0.25) is 0 Å². The number of aliphatic hydroxyl groups is 3. The summed E-state index contributed by atoms with van der Waals surface area (Å²) in [5.41, 5.74) is 0.948. The molecule has 0 bridgehead atoms. The first-order valence-electron chi connectivity index (χ1n) is 15.3. The first-order valence-corrected chi connectivity index (χ1v) is 15.3. The van der Waals surface area contributed by atoms with Crippen LogP contribution in [0.3, 0.4) is 0 Å². The minimum atomic E-state index is -1.40. The van der Waals surface area contributed by atoms with Crippen LogP contribution in [-0.2, 0) is 9.53 Å². The number of aliphatic hydroxyl groups excluding tert-OH is 3. The van der Waals surface area contributed by atoms with Crippen LogP contribution in [0.5, 0.6) is 0 Å². The van der Waals surface area contributed by atoms with Crippen molar-refractivity contribution in [1.82, 2.24) is 45.7 Å². The van der Waals surface area contributed by atoms with E-state index < -0.39 is 36.7 Å². The number of carbonyl (C=O) groups excluding carboxylic acids is 1. The van der Waals surface area contributed by atoms with E-state index in [4.69, 9.17) is 4.74 Å². The van der Waals surface area contributed by atoms with Crippen molar-refractivity contribution in [2.75, 3.05) is 70.8 Å². The quantitative estimate of drug-likeness (QED) is 0.131. The van der Waals surface area contributed by atoms with Crippen LogP contribution in [0.2, 0.25) is 0 Å². The maximum Gasteiger partial charge on any atom is 0.252 e. The number of hydrogen-bond donors (Lipinski definition) is 8. The predicted octanol–water partition coefficient (Wildman–Crippen LogP) is -1.65. The zero-order valence-electron chi connectivity index (χ0n) is 24.5. The van der Waals surface area contributed by atoms with Crippen LogP contribution in [0.4, 0.5) is 5.82 Å². The average Bonchev–Trinajstić information content (AvgIpc) is 3.54. The van der Waals surface area contributed by atoms with Gasteiger partial charge in [-0.1, -0.05) is 13.3 Å². The molecular weight excluding hydrogens is 544 g/mol. The number of nitrogens with one attached hydrogen (secondary N) is 5. The molecule has 0 radical (unpaired) electrons. The number of hydrogen-bond acceptors (Lipinski definition) is 13. The van der Waals surface area contributed by atoms with E-state index in [-0.39, 0.29) is 0 Å². The fourth-order valence-corrected chi connectivity index (χ4v) is 5.22. The lowest BCUT2D eigenvalue weighted by atomic mass is 10.1. The Labute approximate surface area is 246 Å². The Morgan fingerprint density at radius 2 is 1.71 bits per heavy atom. The average molecular weight is 593 g/mol. The van der Waals surface area contributed by atoms with E-state index >= 15 is 0 Å². The molecule has 1 unspecified atom stereocenters. The van der Waals surface area contributed by atoms with Crippen LogP contribution in [0.15, 0.2) is 12.7 Å². The Balaban J connectivity index is 1.19. The number of unbranched alkanes of at least 4 members (excludes halogenated alkanes) is 2. The summed E-state index contributed by atoms with van der Waals surface area (Å²) in [6.07, 6.45) is 1.32. The highest BCUT2D eigenvalue weighted by Crippen LogP contribution is 2.32. The summed E-state index contributed by atoms with van der Waals surface area (Å²) in [6.45, 7) is 10.1.